The van der Waals surface area contributed by atoms with Gasteiger partial charge >= 0.3 is 0 Å². The third-order valence-corrected chi connectivity index (χ3v) is 8.14. The van der Waals surface area contributed by atoms with Crippen LogP contribution >= 0.6 is 0 Å². The van der Waals surface area contributed by atoms with E-state index in [1.165, 1.54) is 37.7 Å². The lowest BCUT2D eigenvalue weighted by atomic mass is 9.82. The summed E-state index contributed by atoms with van der Waals surface area (Å²) < 4.78 is 29.0. The Labute approximate surface area is 175 Å². The molecule has 2 aliphatic rings. The number of sulfonamides is 1. The number of hydrogen-bond acceptors (Lipinski definition) is 2. The second-order valence-corrected chi connectivity index (χ2v) is 10.3. The second-order valence-electron chi connectivity index (χ2n) is 8.39. The Morgan fingerprint density at radius 1 is 0.828 bits per heavy atom. The van der Waals surface area contributed by atoms with Crippen molar-refractivity contribution in [2.45, 2.75) is 56.7 Å². The third-order valence-electron chi connectivity index (χ3n) is 6.35. The van der Waals surface area contributed by atoms with Crippen molar-refractivity contribution in [3.8, 4) is 0 Å². The zero-order valence-electron chi connectivity index (χ0n) is 17.0. The van der Waals surface area contributed by atoms with Crippen LogP contribution in [0.3, 0.4) is 0 Å². The fourth-order valence-electron chi connectivity index (χ4n) is 4.93. The molecule has 1 aliphatic heterocycles. The molecule has 2 aromatic rings. The number of nitrogens with zero attached hydrogens (tertiary/aromatic N) is 1. The predicted octanol–water partition coefficient (Wildman–Crippen LogP) is 5.95. The lowest BCUT2D eigenvalue weighted by Gasteiger charge is -2.37. The van der Waals surface area contributed by atoms with Crippen LogP contribution < -0.4 is 0 Å². The van der Waals surface area contributed by atoms with E-state index in [1.807, 2.05) is 42.5 Å². The first kappa shape index (κ1) is 20.4. The highest BCUT2D eigenvalue weighted by molar-refractivity contribution is 7.88. The molecule has 29 heavy (non-hydrogen) atoms. The smallest absolute Gasteiger partial charge is 0.212 e. The van der Waals surface area contributed by atoms with Crippen LogP contribution in [0.25, 0.3) is 6.08 Å². The van der Waals surface area contributed by atoms with E-state index in [-0.39, 0.29) is 11.8 Å². The van der Waals surface area contributed by atoms with Crippen molar-refractivity contribution >= 4 is 16.1 Å². The van der Waals surface area contributed by atoms with Gasteiger partial charge in [0.1, 0.15) is 0 Å². The molecule has 4 rings (SSSR count). The highest BCUT2D eigenvalue weighted by Crippen LogP contribution is 2.41. The van der Waals surface area contributed by atoms with Gasteiger partial charge in [-0.1, -0.05) is 98.9 Å². The zero-order chi connectivity index (χ0) is 20.1. The number of hydrogen-bond donors (Lipinski definition) is 0. The van der Waals surface area contributed by atoms with Crippen LogP contribution in [0.4, 0.5) is 0 Å². The minimum absolute atomic E-state index is 0.0626. The van der Waals surface area contributed by atoms with Gasteiger partial charge in [0.05, 0.1) is 11.8 Å². The minimum Gasteiger partial charge on any atom is -0.212 e. The minimum atomic E-state index is -3.44. The van der Waals surface area contributed by atoms with Gasteiger partial charge in [-0.25, -0.2) is 8.42 Å². The fourth-order valence-corrected chi connectivity index (χ4v) is 6.66. The topological polar surface area (TPSA) is 37.4 Å². The Balaban J connectivity index is 1.72. The molecular weight excluding hydrogens is 378 g/mol. The van der Waals surface area contributed by atoms with E-state index in [2.05, 4.69) is 24.3 Å². The van der Waals surface area contributed by atoms with Crippen LogP contribution in [0.1, 0.15) is 67.7 Å². The van der Waals surface area contributed by atoms with Gasteiger partial charge in [-0.2, -0.15) is 4.31 Å². The lowest BCUT2D eigenvalue weighted by Crippen LogP contribution is -2.39. The van der Waals surface area contributed by atoms with Gasteiger partial charge in [0.2, 0.25) is 10.0 Å². The van der Waals surface area contributed by atoms with E-state index >= 15 is 0 Å². The van der Waals surface area contributed by atoms with Gasteiger partial charge in [0.25, 0.3) is 0 Å². The quantitative estimate of drug-likeness (QED) is 0.626. The van der Waals surface area contributed by atoms with Gasteiger partial charge in [0, 0.05) is 6.54 Å². The SMILES string of the molecule is O=S(=O)(Cc1ccccc1)N1CC=Cc2ccccc2[C@@H]1C1CCCCCCC1. The summed E-state index contributed by atoms with van der Waals surface area (Å²) in [7, 11) is -3.44. The predicted molar refractivity (Wildman–Crippen MR) is 120 cm³/mol. The van der Waals surface area contributed by atoms with Crippen molar-refractivity contribution in [1.29, 1.82) is 0 Å². The Bertz CT molecular complexity index is 928. The number of rotatable bonds is 4. The van der Waals surface area contributed by atoms with Gasteiger partial charge in [0.15, 0.2) is 0 Å². The van der Waals surface area contributed by atoms with E-state index in [0.29, 0.717) is 12.5 Å². The molecule has 1 saturated carbocycles. The molecule has 0 saturated heterocycles. The second kappa shape index (κ2) is 9.27. The summed E-state index contributed by atoms with van der Waals surface area (Å²) in [6.45, 7) is 0.449. The molecule has 0 unspecified atom stereocenters. The van der Waals surface area contributed by atoms with Crippen LogP contribution in [0, 0.1) is 5.92 Å². The van der Waals surface area contributed by atoms with Gasteiger partial charge in [-0.3, -0.25) is 0 Å². The highest BCUT2D eigenvalue weighted by Gasteiger charge is 2.37. The Hall–Kier alpha value is -1.91. The molecule has 0 aromatic heterocycles. The van der Waals surface area contributed by atoms with Gasteiger partial charge < -0.3 is 0 Å². The van der Waals surface area contributed by atoms with E-state index in [9.17, 15) is 8.42 Å². The van der Waals surface area contributed by atoms with E-state index < -0.39 is 10.0 Å². The molecule has 0 amide bonds. The molecule has 0 spiro atoms. The third kappa shape index (κ3) is 4.81. The maximum absolute atomic E-state index is 13.6. The summed E-state index contributed by atoms with van der Waals surface area (Å²) in [5.74, 6) is 0.439. The van der Waals surface area contributed by atoms with Crippen molar-refractivity contribution in [2.75, 3.05) is 6.54 Å². The molecule has 1 aliphatic carbocycles. The molecule has 1 fully saturated rings. The summed E-state index contributed by atoms with van der Waals surface area (Å²) in [6.07, 6.45) is 12.6. The zero-order valence-corrected chi connectivity index (χ0v) is 17.9. The first-order chi connectivity index (χ1) is 14.1. The Morgan fingerprint density at radius 2 is 1.48 bits per heavy atom. The Morgan fingerprint density at radius 3 is 2.24 bits per heavy atom. The molecule has 0 N–H and O–H groups in total. The summed E-state index contributed by atoms with van der Waals surface area (Å²) >= 11 is 0. The largest absolute Gasteiger partial charge is 0.219 e. The average Bonchev–Trinajstić information content (AvgIpc) is 2.89. The van der Waals surface area contributed by atoms with Crippen molar-refractivity contribution in [2.24, 2.45) is 5.92 Å². The molecule has 1 atom stereocenters. The number of fused-ring (bicyclic) bond motifs is 1. The van der Waals surface area contributed by atoms with Crippen LogP contribution in [0.2, 0.25) is 0 Å². The normalized spacial score (nSPS) is 21.7. The maximum Gasteiger partial charge on any atom is 0.219 e. The molecule has 3 nitrogen and oxygen atoms in total. The highest BCUT2D eigenvalue weighted by atomic mass is 32.2. The molecule has 154 valence electrons. The lowest BCUT2D eigenvalue weighted by molar-refractivity contribution is 0.215. The van der Waals surface area contributed by atoms with Crippen LogP contribution in [0.15, 0.2) is 60.7 Å². The van der Waals surface area contributed by atoms with Crippen molar-refractivity contribution in [3.05, 3.63) is 77.4 Å². The molecule has 4 heteroatoms. The number of benzene rings is 2. The first-order valence-electron chi connectivity index (χ1n) is 10.9. The summed E-state index contributed by atoms with van der Waals surface area (Å²) in [6, 6.07) is 17.8. The first-order valence-corrected chi connectivity index (χ1v) is 12.5. The van der Waals surface area contributed by atoms with Crippen LogP contribution in [0.5, 0.6) is 0 Å². The molecule has 0 bridgehead atoms. The summed E-state index contributed by atoms with van der Waals surface area (Å²) in [5, 5.41) is 0. The monoisotopic (exact) mass is 409 g/mol. The standard InChI is InChI=1S/C25H31NO2S/c27-29(28,20-21-12-5-4-6-13-21)26-19-11-17-22-14-9-10-18-24(22)25(26)23-15-7-2-1-3-8-16-23/h4-6,9-14,17-18,23,25H,1-3,7-8,15-16,19-20H2/t25-/m0/s1. The molecule has 2 aromatic carbocycles. The summed E-state index contributed by atoms with van der Waals surface area (Å²) in [4.78, 5) is 0. The van der Waals surface area contributed by atoms with Crippen molar-refractivity contribution < 1.29 is 8.42 Å². The van der Waals surface area contributed by atoms with Crippen molar-refractivity contribution in [3.63, 3.8) is 0 Å². The Kier molecular flexibility index (Phi) is 6.51. The van der Waals surface area contributed by atoms with Crippen LogP contribution in [-0.2, 0) is 15.8 Å². The van der Waals surface area contributed by atoms with Crippen LogP contribution in [-0.4, -0.2) is 19.3 Å². The maximum atomic E-state index is 13.6. The van der Waals surface area contributed by atoms with Crippen molar-refractivity contribution in [1.82, 2.24) is 4.31 Å². The van der Waals surface area contributed by atoms with E-state index in [0.717, 1.165) is 24.0 Å². The van der Waals surface area contributed by atoms with E-state index in [1.54, 1.807) is 4.31 Å². The molecular formula is C25H31NO2S. The fraction of sp³-hybridized carbons (Fsp3) is 0.440. The summed E-state index contributed by atoms with van der Waals surface area (Å²) in [5.41, 5.74) is 3.19. The van der Waals surface area contributed by atoms with Gasteiger partial charge in [-0.05, 0) is 35.4 Å². The molecule has 0 radical (unpaired) electrons. The van der Waals surface area contributed by atoms with Gasteiger partial charge in [-0.15, -0.1) is 0 Å². The average molecular weight is 410 g/mol. The molecule has 1 heterocycles. The van der Waals surface area contributed by atoms with E-state index in [4.69, 9.17) is 0 Å².